The fraction of sp³-hybridized carbons (Fsp3) is 0.444. The molecule has 1 aliphatic carbocycles. The molecular formula is C36H44O6. The van der Waals surface area contributed by atoms with Crippen molar-refractivity contribution < 1.29 is 28.7 Å². The summed E-state index contributed by atoms with van der Waals surface area (Å²) >= 11 is 0. The highest BCUT2D eigenvalue weighted by Gasteiger charge is 2.32. The van der Waals surface area contributed by atoms with E-state index < -0.39 is 5.92 Å². The molecule has 0 aromatic heterocycles. The lowest BCUT2D eigenvalue weighted by molar-refractivity contribution is -0.145. The minimum Gasteiger partial charge on any atom is -0.492 e. The first kappa shape index (κ1) is 32.7. The quantitative estimate of drug-likeness (QED) is 0.0830. The molecule has 0 saturated heterocycles. The molecule has 0 fully saturated rings. The third-order valence-corrected chi connectivity index (χ3v) is 7.98. The Balaban J connectivity index is 1.28. The summed E-state index contributed by atoms with van der Waals surface area (Å²) in [5, 5.41) is 0. The standard InChI is InChI=1S/C36H44O6/c1-5-30-32(37)26(3)31(34(39)35(30)41-4)22-15-10-8-6-7-9-11-16-23-42-36(40)25(2)28-20-17-21-29(24-28)33(38)27-18-13-12-14-19-27/h12-14,17-21,24-25H,5-11,15-16,22-23H2,1-4H3/t25-/m0/s1. The van der Waals surface area contributed by atoms with E-state index in [4.69, 9.17) is 9.47 Å². The maximum atomic E-state index is 12.8. The number of rotatable bonds is 17. The number of Topliss-reactive ketones (excluding diaryl/α,β-unsaturated/α-hetero) is 2. The van der Waals surface area contributed by atoms with E-state index in [1.165, 1.54) is 7.11 Å². The normalized spacial score (nSPS) is 14.3. The minimum absolute atomic E-state index is 0.0615. The Hall–Kier alpha value is -3.80. The van der Waals surface area contributed by atoms with Crippen molar-refractivity contribution in [3.05, 3.63) is 93.8 Å². The maximum absolute atomic E-state index is 12.8. The van der Waals surface area contributed by atoms with Gasteiger partial charge >= 0.3 is 5.97 Å². The number of methoxy groups -OCH3 is 1. The SMILES string of the molecule is CCC1=C(OC)C(=O)C(CCCCCCCCCCOC(=O)[C@@H](C)c2cccc(C(=O)c3ccccc3)c2)=C(C)C1=O. The number of ether oxygens (including phenoxy) is 2. The molecule has 0 saturated carbocycles. The number of hydrogen-bond acceptors (Lipinski definition) is 6. The third-order valence-electron chi connectivity index (χ3n) is 7.98. The average Bonchev–Trinajstić information content (AvgIpc) is 3.02. The Morgan fingerprint density at radius 1 is 0.762 bits per heavy atom. The van der Waals surface area contributed by atoms with Crippen molar-refractivity contribution >= 4 is 23.3 Å². The van der Waals surface area contributed by atoms with Gasteiger partial charge < -0.3 is 9.47 Å². The van der Waals surface area contributed by atoms with Crippen LogP contribution in [-0.2, 0) is 23.9 Å². The number of ketones is 3. The Labute approximate surface area is 250 Å². The van der Waals surface area contributed by atoms with E-state index >= 15 is 0 Å². The number of unbranched alkanes of at least 4 members (excludes halogenated alkanes) is 7. The minimum atomic E-state index is -0.444. The summed E-state index contributed by atoms with van der Waals surface area (Å²) in [7, 11) is 1.45. The van der Waals surface area contributed by atoms with E-state index in [0.29, 0.717) is 47.3 Å². The van der Waals surface area contributed by atoms with Crippen molar-refractivity contribution in [1.29, 1.82) is 0 Å². The van der Waals surface area contributed by atoms with Gasteiger partial charge in [0.15, 0.2) is 17.3 Å². The lowest BCUT2D eigenvalue weighted by Crippen LogP contribution is -2.24. The Morgan fingerprint density at radius 2 is 1.38 bits per heavy atom. The van der Waals surface area contributed by atoms with Crippen LogP contribution in [0.3, 0.4) is 0 Å². The largest absolute Gasteiger partial charge is 0.492 e. The Morgan fingerprint density at radius 3 is 2.02 bits per heavy atom. The molecule has 1 atom stereocenters. The molecule has 2 aromatic carbocycles. The molecule has 0 radical (unpaired) electrons. The van der Waals surface area contributed by atoms with Crippen LogP contribution in [0.1, 0.15) is 112 Å². The van der Waals surface area contributed by atoms with E-state index in [-0.39, 0.29) is 29.1 Å². The Bertz CT molecular complexity index is 1320. The monoisotopic (exact) mass is 572 g/mol. The van der Waals surface area contributed by atoms with Gasteiger partial charge in [0.05, 0.1) is 19.6 Å². The summed E-state index contributed by atoms with van der Waals surface area (Å²) in [4.78, 5) is 50.7. The van der Waals surface area contributed by atoms with Gasteiger partial charge in [0.2, 0.25) is 5.78 Å². The Kier molecular flexibility index (Phi) is 12.9. The van der Waals surface area contributed by atoms with Crippen LogP contribution in [0, 0.1) is 0 Å². The van der Waals surface area contributed by atoms with Crippen molar-refractivity contribution in [2.75, 3.05) is 13.7 Å². The molecule has 0 bridgehead atoms. The van der Waals surface area contributed by atoms with Crippen LogP contribution in [0.25, 0.3) is 0 Å². The lowest BCUT2D eigenvalue weighted by atomic mass is 9.85. The molecule has 224 valence electrons. The number of benzene rings is 2. The van der Waals surface area contributed by atoms with Crippen molar-refractivity contribution in [2.45, 2.75) is 90.9 Å². The van der Waals surface area contributed by atoms with Gasteiger partial charge in [-0.1, -0.05) is 94.0 Å². The van der Waals surface area contributed by atoms with Crippen molar-refractivity contribution in [3.63, 3.8) is 0 Å². The van der Waals surface area contributed by atoms with E-state index in [1.54, 1.807) is 37.3 Å². The van der Waals surface area contributed by atoms with Gasteiger partial charge in [0, 0.05) is 27.8 Å². The number of esters is 1. The van der Waals surface area contributed by atoms with Crippen LogP contribution in [0.5, 0.6) is 0 Å². The van der Waals surface area contributed by atoms with Crippen molar-refractivity contribution in [3.8, 4) is 0 Å². The first-order valence-corrected chi connectivity index (χ1v) is 15.2. The molecule has 0 aliphatic heterocycles. The first-order valence-electron chi connectivity index (χ1n) is 15.2. The third kappa shape index (κ3) is 8.60. The van der Waals surface area contributed by atoms with Gasteiger partial charge in [0.25, 0.3) is 0 Å². The average molecular weight is 573 g/mol. The van der Waals surface area contributed by atoms with Gasteiger partial charge in [-0.05, 0) is 51.2 Å². The number of hydrogen-bond donors (Lipinski definition) is 0. The summed E-state index contributed by atoms with van der Waals surface area (Å²) in [5.74, 6) is -0.762. The van der Waals surface area contributed by atoms with Crippen LogP contribution in [-0.4, -0.2) is 37.0 Å². The van der Waals surface area contributed by atoms with Gasteiger partial charge in [-0.2, -0.15) is 0 Å². The van der Waals surface area contributed by atoms with Crippen molar-refractivity contribution in [2.24, 2.45) is 0 Å². The van der Waals surface area contributed by atoms with Gasteiger partial charge in [0.1, 0.15) is 0 Å². The summed E-state index contributed by atoms with van der Waals surface area (Å²) in [6.07, 6.45) is 9.20. The number of allylic oxidation sites excluding steroid dienone is 3. The summed E-state index contributed by atoms with van der Waals surface area (Å²) in [6, 6.07) is 16.3. The highest BCUT2D eigenvalue weighted by atomic mass is 16.5. The highest BCUT2D eigenvalue weighted by molar-refractivity contribution is 6.24. The summed E-state index contributed by atoms with van der Waals surface area (Å²) in [6.45, 7) is 5.82. The van der Waals surface area contributed by atoms with Crippen molar-refractivity contribution in [1.82, 2.24) is 0 Å². The molecule has 42 heavy (non-hydrogen) atoms. The molecule has 0 amide bonds. The second-order valence-electron chi connectivity index (χ2n) is 10.9. The molecule has 1 aliphatic rings. The topological polar surface area (TPSA) is 86.7 Å². The van der Waals surface area contributed by atoms with Crippen LogP contribution >= 0.6 is 0 Å². The molecule has 0 N–H and O–H groups in total. The van der Waals surface area contributed by atoms with Gasteiger partial charge in [-0.25, -0.2) is 0 Å². The molecular weight excluding hydrogens is 528 g/mol. The number of carbonyl (C=O) groups is 4. The number of carbonyl (C=O) groups excluding carboxylic acids is 4. The fourth-order valence-corrected chi connectivity index (χ4v) is 5.35. The van der Waals surface area contributed by atoms with Crippen LogP contribution in [0.4, 0.5) is 0 Å². The molecule has 0 unspecified atom stereocenters. The lowest BCUT2D eigenvalue weighted by Gasteiger charge is -2.20. The molecule has 6 heteroatoms. The first-order chi connectivity index (χ1) is 20.3. The van der Waals surface area contributed by atoms with Gasteiger partial charge in [-0.15, -0.1) is 0 Å². The van der Waals surface area contributed by atoms with E-state index in [2.05, 4.69) is 0 Å². The van der Waals surface area contributed by atoms with Crippen LogP contribution in [0.15, 0.2) is 77.1 Å². The zero-order valence-corrected chi connectivity index (χ0v) is 25.5. The molecule has 0 spiro atoms. The predicted octanol–water partition coefficient (Wildman–Crippen LogP) is 7.85. The zero-order chi connectivity index (χ0) is 30.5. The smallest absolute Gasteiger partial charge is 0.313 e. The second-order valence-corrected chi connectivity index (χ2v) is 10.9. The van der Waals surface area contributed by atoms with Crippen LogP contribution < -0.4 is 0 Å². The van der Waals surface area contributed by atoms with Gasteiger partial charge in [-0.3, -0.25) is 19.2 Å². The molecule has 6 nitrogen and oxygen atoms in total. The second kappa shape index (κ2) is 16.6. The molecule has 3 rings (SSSR count). The summed E-state index contributed by atoms with van der Waals surface area (Å²) in [5.41, 5.74) is 3.61. The predicted molar refractivity (Wildman–Crippen MR) is 164 cm³/mol. The van der Waals surface area contributed by atoms with Crippen LogP contribution in [0.2, 0.25) is 0 Å². The van der Waals surface area contributed by atoms with E-state index in [0.717, 1.165) is 56.9 Å². The summed E-state index contributed by atoms with van der Waals surface area (Å²) < 4.78 is 10.8. The van der Waals surface area contributed by atoms with E-state index in [1.807, 2.05) is 38.1 Å². The molecule has 2 aromatic rings. The molecule has 0 heterocycles. The zero-order valence-electron chi connectivity index (χ0n) is 25.5. The maximum Gasteiger partial charge on any atom is 0.313 e. The fourth-order valence-electron chi connectivity index (χ4n) is 5.35. The van der Waals surface area contributed by atoms with E-state index in [9.17, 15) is 19.2 Å². The highest BCUT2D eigenvalue weighted by Crippen LogP contribution is 2.30.